The molecule has 0 saturated carbocycles. The molecule has 21 heavy (non-hydrogen) atoms. The second-order valence-electron chi connectivity index (χ2n) is 6.47. The summed E-state index contributed by atoms with van der Waals surface area (Å²) in [7, 11) is 0. The lowest BCUT2D eigenvalue weighted by atomic mass is 9.73. The molecule has 0 bridgehead atoms. The molecule has 0 fully saturated rings. The zero-order chi connectivity index (χ0) is 15.5. The summed E-state index contributed by atoms with van der Waals surface area (Å²) in [6, 6.07) is 7.76. The predicted molar refractivity (Wildman–Crippen MR) is 84.2 cm³/mol. The number of hydrogen-bond donors (Lipinski definition) is 1. The molecule has 114 valence electrons. The van der Waals surface area contributed by atoms with E-state index in [9.17, 15) is 5.11 Å². The highest BCUT2D eigenvalue weighted by molar-refractivity contribution is 6.31. The summed E-state index contributed by atoms with van der Waals surface area (Å²) < 4.78 is 1.68. The van der Waals surface area contributed by atoms with Crippen LogP contribution in [-0.2, 0) is 13.0 Å². The molecule has 0 aliphatic rings. The average molecular weight is 308 g/mol. The van der Waals surface area contributed by atoms with Gasteiger partial charge in [-0.3, -0.25) is 4.68 Å². The van der Waals surface area contributed by atoms with E-state index in [1.54, 1.807) is 11.0 Å². The Labute approximate surface area is 130 Å². The summed E-state index contributed by atoms with van der Waals surface area (Å²) in [6.45, 7) is 6.53. The van der Waals surface area contributed by atoms with Crippen LogP contribution >= 0.6 is 11.6 Å². The fourth-order valence-electron chi connectivity index (χ4n) is 2.32. The van der Waals surface area contributed by atoms with Gasteiger partial charge in [-0.25, -0.2) is 4.98 Å². The van der Waals surface area contributed by atoms with Crippen molar-refractivity contribution in [3.05, 3.63) is 47.5 Å². The van der Waals surface area contributed by atoms with Gasteiger partial charge in [-0.15, -0.1) is 0 Å². The van der Waals surface area contributed by atoms with Gasteiger partial charge in [0.1, 0.15) is 12.7 Å². The number of aromatic nitrogens is 3. The van der Waals surface area contributed by atoms with E-state index in [0.29, 0.717) is 13.0 Å². The third kappa shape index (κ3) is 3.83. The number of benzene rings is 1. The molecule has 2 rings (SSSR count). The van der Waals surface area contributed by atoms with Crippen molar-refractivity contribution in [3.63, 3.8) is 0 Å². The molecule has 1 heterocycles. The molecule has 4 nitrogen and oxygen atoms in total. The van der Waals surface area contributed by atoms with Gasteiger partial charge in [0, 0.05) is 5.02 Å². The topological polar surface area (TPSA) is 50.9 Å². The molecule has 1 N–H and O–H groups in total. The lowest BCUT2D eigenvalue weighted by Crippen LogP contribution is -2.47. The minimum Gasteiger partial charge on any atom is -0.387 e. The van der Waals surface area contributed by atoms with Crippen LogP contribution in [0.4, 0.5) is 0 Å². The van der Waals surface area contributed by atoms with Crippen LogP contribution in [0, 0.1) is 5.41 Å². The van der Waals surface area contributed by atoms with Crippen molar-refractivity contribution < 1.29 is 5.11 Å². The molecule has 0 aliphatic carbocycles. The van der Waals surface area contributed by atoms with Crippen molar-refractivity contribution in [2.24, 2.45) is 5.41 Å². The van der Waals surface area contributed by atoms with Crippen molar-refractivity contribution >= 4 is 11.6 Å². The second-order valence-corrected chi connectivity index (χ2v) is 6.87. The summed E-state index contributed by atoms with van der Waals surface area (Å²) in [5.41, 5.74) is -0.111. The molecule has 0 aliphatic heterocycles. The Morgan fingerprint density at radius 3 is 2.52 bits per heavy atom. The van der Waals surface area contributed by atoms with E-state index in [2.05, 4.69) is 10.1 Å². The van der Waals surface area contributed by atoms with E-state index in [-0.39, 0.29) is 5.41 Å². The van der Waals surface area contributed by atoms with Gasteiger partial charge in [-0.2, -0.15) is 5.10 Å². The predicted octanol–water partition coefficient (Wildman–Crippen LogP) is 3.34. The highest BCUT2D eigenvalue weighted by Crippen LogP contribution is 2.36. The number of rotatable bonds is 5. The molecule has 0 radical (unpaired) electrons. The monoisotopic (exact) mass is 307 g/mol. The first-order valence-electron chi connectivity index (χ1n) is 7.10. The quantitative estimate of drug-likeness (QED) is 0.921. The van der Waals surface area contributed by atoms with Gasteiger partial charge in [0.15, 0.2) is 0 Å². The van der Waals surface area contributed by atoms with Crippen molar-refractivity contribution in [2.75, 3.05) is 0 Å². The highest BCUT2D eigenvalue weighted by atomic mass is 35.5. The first-order chi connectivity index (χ1) is 9.82. The Kier molecular flexibility index (Phi) is 4.69. The van der Waals surface area contributed by atoms with Crippen molar-refractivity contribution in [1.82, 2.24) is 14.8 Å². The fourth-order valence-corrected chi connectivity index (χ4v) is 2.55. The maximum atomic E-state index is 11.1. The highest BCUT2D eigenvalue weighted by Gasteiger charge is 2.40. The van der Waals surface area contributed by atoms with E-state index in [1.165, 1.54) is 6.33 Å². The summed E-state index contributed by atoms with van der Waals surface area (Å²) in [4.78, 5) is 3.94. The summed E-state index contributed by atoms with van der Waals surface area (Å²) in [5, 5.41) is 16.0. The second kappa shape index (κ2) is 6.16. The molecule has 1 atom stereocenters. The maximum Gasteiger partial charge on any atom is 0.137 e. The first-order valence-corrected chi connectivity index (χ1v) is 7.48. The summed E-state index contributed by atoms with van der Waals surface area (Å²) in [6.07, 6.45) is 4.45. The maximum absolute atomic E-state index is 11.1. The molecule has 5 heteroatoms. The van der Waals surface area contributed by atoms with Gasteiger partial charge in [-0.1, -0.05) is 50.6 Å². The Balaban J connectivity index is 2.15. The van der Waals surface area contributed by atoms with Gasteiger partial charge < -0.3 is 5.11 Å². The van der Waals surface area contributed by atoms with E-state index < -0.39 is 5.60 Å². The van der Waals surface area contributed by atoms with Crippen LogP contribution in [0.15, 0.2) is 36.9 Å². The Bertz CT molecular complexity index is 577. The van der Waals surface area contributed by atoms with E-state index in [4.69, 9.17) is 11.6 Å². The minimum absolute atomic E-state index is 0.278. The lowest BCUT2D eigenvalue weighted by Gasteiger charge is -2.40. The lowest BCUT2D eigenvalue weighted by molar-refractivity contribution is -0.0796. The number of aliphatic hydroxyl groups is 1. The standard InChI is InChI=1S/C16H22ClN3O/c1-15(2,3)16(21,10-20-12-18-11-19-20)9-8-13-6-4-5-7-14(13)17/h4-7,11-12,21H,8-10H2,1-3H3. The molecular weight excluding hydrogens is 286 g/mol. The van der Waals surface area contributed by atoms with E-state index in [1.807, 2.05) is 45.0 Å². The minimum atomic E-state index is -0.889. The van der Waals surface area contributed by atoms with Crippen LogP contribution in [0.2, 0.25) is 5.02 Å². The normalized spacial score (nSPS) is 14.9. The van der Waals surface area contributed by atoms with Crippen LogP contribution in [0.25, 0.3) is 0 Å². The average Bonchev–Trinajstić information content (AvgIpc) is 2.89. The van der Waals surface area contributed by atoms with Crippen LogP contribution in [0.1, 0.15) is 32.8 Å². The molecule has 1 aromatic carbocycles. The third-order valence-electron chi connectivity index (χ3n) is 4.05. The number of aryl methyl sites for hydroxylation is 1. The van der Waals surface area contributed by atoms with E-state index in [0.717, 1.165) is 17.0 Å². The van der Waals surface area contributed by atoms with Gasteiger partial charge in [0.25, 0.3) is 0 Å². The van der Waals surface area contributed by atoms with Crippen molar-refractivity contribution in [2.45, 2.75) is 45.8 Å². The number of hydrogen-bond acceptors (Lipinski definition) is 3. The van der Waals surface area contributed by atoms with Crippen LogP contribution in [-0.4, -0.2) is 25.5 Å². The van der Waals surface area contributed by atoms with Gasteiger partial charge >= 0.3 is 0 Å². The van der Waals surface area contributed by atoms with Gasteiger partial charge in [0.2, 0.25) is 0 Å². The SMILES string of the molecule is CC(C)(C)C(O)(CCc1ccccc1Cl)Cn1cncn1. The zero-order valence-corrected chi connectivity index (χ0v) is 13.5. The first kappa shape index (κ1) is 16.0. The molecule has 1 aromatic heterocycles. The van der Waals surface area contributed by atoms with Crippen LogP contribution in [0.3, 0.4) is 0 Å². The Hall–Kier alpha value is -1.39. The molecular formula is C16H22ClN3O. The van der Waals surface area contributed by atoms with Crippen LogP contribution in [0.5, 0.6) is 0 Å². The molecule has 0 spiro atoms. The largest absolute Gasteiger partial charge is 0.387 e. The third-order valence-corrected chi connectivity index (χ3v) is 4.42. The fraction of sp³-hybridized carbons (Fsp3) is 0.500. The van der Waals surface area contributed by atoms with Crippen molar-refractivity contribution in [1.29, 1.82) is 0 Å². The zero-order valence-electron chi connectivity index (χ0n) is 12.8. The Morgan fingerprint density at radius 1 is 1.24 bits per heavy atom. The number of nitrogens with zero attached hydrogens (tertiary/aromatic N) is 3. The summed E-state index contributed by atoms with van der Waals surface area (Å²) >= 11 is 6.20. The molecule has 0 amide bonds. The smallest absolute Gasteiger partial charge is 0.137 e. The number of halogens is 1. The Morgan fingerprint density at radius 2 is 1.95 bits per heavy atom. The van der Waals surface area contributed by atoms with Crippen molar-refractivity contribution in [3.8, 4) is 0 Å². The molecule has 1 unspecified atom stereocenters. The van der Waals surface area contributed by atoms with Crippen LogP contribution < -0.4 is 0 Å². The van der Waals surface area contributed by atoms with Gasteiger partial charge in [-0.05, 0) is 29.9 Å². The molecule has 2 aromatic rings. The summed E-state index contributed by atoms with van der Waals surface area (Å²) in [5.74, 6) is 0. The van der Waals surface area contributed by atoms with E-state index >= 15 is 0 Å². The molecule has 0 saturated heterocycles. The van der Waals surface area contributed by atoms with Gasteiger partial charge in [0.05, 0.1) is 12.1 Å².